The molecule has 4 heteroatoms. The highest BCUT2D eigenvalue weighted by atomic mass is 16.5. The van der Waals surface area contributed by atoms with Crippen LogP contribution < -0.4 is 15.4 Å². The molecule has 0 saturated carbocycles. The van der Waals surface area contributed by atoms with Crippen molar-refractivity contribution in [2.24, 2.45) is 0 Å². The highest BCUT2D eigenvalue weighted by Gasteiger charge is 2.38. The third-order valence-corrected chi connectivity index (χ3v) is 4.92. The van der Waals surface area contributed by atoms with Crippen molar-refractivity contribution in [3.05, 3.63) is 65.7 Å². The summed E-state index contributed by atoms with van der Waals surface area (Å²) in [7, 11) is 0. The number of carbonyl (C=O) groups is 1. The summed E-state index contributed by atoms with van der Waals surface area (Å²) in [4.78, 5) is 13.0. The molecule has 2 aromatic carbocycles. The van der Waals surface area contributed by atoms with Crippen LogP contribution in [0.3, 0.4) is 0 Å². The van der Waals surface area contributed by atoms with Gasteiger partial charge in [0.1, 0.15) is 12.4 Å². The second-order valence-electron chi connectivity index (χ2n) is 8.73. The maximum Gasteiger partial charge on any atom is 0.251 e. The lowest BCUT2D eigenvalue weighted by atomic mass is 9.79. The molecule has 0 radical (unpaired) electrons. The Labute approximate surface area is 162 Å². The Morgan fingerprint density at radius 3 is 2.26 bits per heavy atom. The first kappa shape index (κ1) is 19.4. The lowest BCUT2D eigenvalue weighted by Crippen LogP contribution is -2.62. The fourth-order valence-electron chi connectivity index (χ4n) is 4.23. The van der Waals surface area contributed by atoms with E-state index >= 15 is 0 Å². The molecule has 1 saturated heterocycles. The van der Waals surface area contributed by atoms with E-state index in [2.05, 4.69) is 38.3 Å². The largest absolute Gasteiger partial charge is 0.489 e. The first-order valence-corrected chi connectivity index (χ1v) is 9.60. The van der Waals surface area contributed by atoms with E-state index < -0.39 is 0 Å². The first-order valence-electron chi connectivity index (χ1n) is 9.60. The van der Waals surface area contributed by atoms with Crippen LogP contribution in [-0.4, -0.2) is 23.0 Å². The summed E-state index contributed by atoms with van der Waals surface area (Å²) >= 11 is 0. The third-order valence-electron chi connectivity index (χ3n) is 4.92. The molecular formula is C23H30N2O2. The van der Waals surface area contributed by atoms with Crippen molar-refractivity contribution in [3.8, 4) is 5.75 Å². The van der Waals surface area contributed by atoms with E-state index in [0.29, 0.717) is 12.2 Å². The average Bonchev–Trinajstić information content (AvgIpc) is 2.58. The SMILES string of the molecule is CC1(C)CC(NC(=O)c2ccccc2COc2ccccc2)CC(C)(C)N1. The zero-order chi connectivity index (χ0) is 19.5. The summed E-state index contributed by atoms with van der Waals surface area (Å²) in [5.74, 6) is 0.773. The van der Waals surface area contributed by atoms with E-state index in [1.54, 1.807) is 0 Å². The summed E-state index contributed by atoms with van der Waals surface area (Å²) < 4.78 is 5.85. The molecular weight excluding hydrogens is 336 g/mol. The first-order chi connectivity index (χ1) is 12.7. The predicted octanol–water partition coefficient (Wildman–Crippen LogP) is 4.30. The predicted molar refractivity (Wildman–Crippen MR) is 109 cm³/mol. The van der Waals surface area contributed by atoms with Crippen LogP contribution in [0.1, 0.15) is 56.5 Å². The number of amides is 1. The maximum atomic E-state index is 13.0. The second-order valence-corrected chi connectivity index (χ2v) is 8.73. The molecule has 2 N–H and O–H groups in total. The van der Waals surface area contributed by atoms with Crippen LogP contribution in [0.15, 0.2) is 54.6 Å². The van der Waals surface area contributed by atoms with E-state index in [1.165, 1.54) is 0 Å². The molecule has 1 aliphatic heterocycles. The van der Waals surface area contributed by atoms with Crippen molar-refractivity contribution >= 4 is 5.91 Å². The molecule has 0 atom stereocenters. The van der Waals surface area contributed by atoms with E-state index in [4.69, 9.17) is 4.74 Å². The van der Waals surface area contributed by atoms with E-state index in [-0.39, 0.29) is 23.0 Å². The molecule has 0 bridgehead atoms. The van der Waals surface area contributed by atoms with Gasteiger partial charge < -0.3 is 15.4 Å². The Kier molecular flexibility index (Phi) is 5.56. The summed E-state index contributed by atoms with van der Waals surface area (Å²) in [6.07, 6.45) is 1.82. The molecule has 0 aromatic heterocycles. The molecule has 4 nitrogen and oxygen atoms in total. The normalized spacial score (nSPS) is 18.7. The van der Waals surface area contributed by atoms with Crippen LogP contribution in [0.2, 0.25) is 0 Å². The number of rotatable bonds is 5. The van der Waals surface area contributed by atoms with Gasteiger partial charge in [-0.3, -0.25) is 4.79 Å². The Balaban J connectivity index is 1.70. The van der Waals surface area contributed by atoms with Crippen LogP contribution in [-0.2, 0) is 6.61 Å². The number of nitrogens with one attached hydrogen (secondary N) is 2. The Morgan fingerprint density at radius 2 is 1.59 bits per heavy atom. The molecule has 1 aliphatic rings. The smallest absolute Gasteiger partial charge is 0.251 e. The molecule has 1 fully saturated rings. The number of carbonyl (C=O) groups excluding carboxylic acids is 1. The zero-order valence-electron chi connectivity index (χ0n) is 16.7. The Hall–Kier alpha value is -2.33. The van der Waals surface area contributed by atoms with Gasteiger partial charge in [0.2, 0.25) is 0 Å². The monoisotopic (exact) mass is 366 g/mol. The number of ether oxygens (including phenoxy) is 1. The van der Waals surface area contributed by atoms with Crippen molar-refractivity contribution in [1.29, 1.82) is 0 Å². The number of benzene rings is 2. The van der Waals surface area contributed by atoms with Crippen molar-refractivity contribution in [2.45, 2.75) is 64.3 Å². The minimum atomic E-state index is -0.0271. The Morgan fingerprint density at radius 1 is 1.00 bits per heavy atom. The van der Waals surface area contributed by atoms with Crippen LogP contribution >= 0.6 is 0 Å². The van der Waals surface area contributed by atoms with E-state index in [9.17, 15) is 4.79 Å². The maximum absolute atomic E-state index is 13.0. The second kappa shape index (κ2) is 7.73. The van der Waals surface area contributed by atoms with Crippen LogP contribution in [0, 0.1) is 0 Å². The lowest BCUT2D eigenvalue weighted by molar-refractivity contribution is 0.0870. The van der Waals surface area contributed by atoms with Gasteiger partial charge in [-0.1, -0.05) is 36.4 Å². The minimum absolute atomic E-state index is 0.00433. The number of para-hydroxylation sites is 1. The molecule has 0 aliphatic carbocycles. The topological polar surface area (TPSA) is 50.4 Å². The van der Waals surface area contributed by atoms with Crippen molar-refractivity contribution < 1.29 is 9.53 Å². The summed E-state index contributed by atoms with van der Waals surface area (Å²) in [6.45, 7) is 9.13. The lowest BCUT2D eigenvalue weighted by Gasteiger charge is -2.46. The summed E-state index contributed by atoms with van der Waals surface area (Å²) in [5, 5.41) is 6.90. The fraction of sp³-hybridized carbons (Fsp3) is 0.435. The molecule has 27 heavy (non-hydrogen) atoms. The molecule has 1 heterocycles. The minimum Gasteiger partial charge on any atom is -0.489 e. The van der Waals surface area contributed by atoms with E-state index in [1.807, 2.05) is 54.6 Å². The van der Waals surface area contributed by atoms with Gasteiger partial charge >= 0.3 is 0 Å². The highest BCUT2D eigenvalue weighted by Crippen LogP contribution is 2.28. The standard InChI is InChI=1S/C23H30N2O2/c1-22(2)14-18(15-23(3,4)25-22)24-21(26)20-13-9-8-10-17(20)16-27-19-11-6-5-7-12-19/h5-13,18,25H,14-16H2,1-4H3,(H,24,26). The molecule has 2 aromatic rings. The molecule has 0 spiro atoms. The van der Waals surface area contributed by atoms with Gasteiger partial charge in [-0.25, -0.2) is 0 Å². The van der Waals surface area contributed by atoms with Crippen molar-refractivity contribution in [2.75, 3.05) is 0 Å². The van der Waals surface area contributed by atoms with Crippen LogP contribution in [0.25, 0.3) is 0 Å². The number of hydrogen-bond acceptors (Lipinski definition) is 3. The van der Waals surface area contributed by atoms with Gasteiger partial charge in [0, 0.05) is 28.2 Å². The molecule has 1 amide bonds. The van der Waals surface area contributed by atoms with Crippen molar-refractivity contribution in [3.63, 3.8) is 0 Å². The molecule has 0 unspecified atom stereocenters. The van der Waals surface area contributed by atoms with Crippen LogP contribution in [0.5, 0.6) is 5.75 Å². The van der Waals surface area contributed by atoms with Gasteiger partial charge in [0.15, 0.2) is 0 Å². The number of hydrogen-bond donors (Lipinski definition) is 2. The molecule has 144 valence electrons. The summed E-state index contributed by atoms with van der Waals surface area (Å²) in [5.41, 5.74) is 1.57. The molecule has 3 rings (SSSR count). The zero-order valence-corrected chi connectivity index (χ0v) is 16.7. The van der Waals surface area contributed by atoms with Gasteiger partial charge in [-0.05, 0) is 58.7 Å². The van der Waals surface area contributed by atoms with Crippen molar-refractivity contribution in [1.82, 2.24) is 10.6 Å². The van der Waals surface area contributed by atoms with Gasteiger partial charge in [-0.2, -0.15) is 0 Å². The highest BCUT2D eigenvalue weighted by molar-refractivity contribution is 5.95. The third kappa shape index (κ3) is 5.33. The van der Waals surface area contributed by atoms with Crippen LogP contribution in [0.4, 0.5) is 0 Å². The van der Waals surface area contributed by atoms with Gasteiger partial charge in [0.05, 0.1) is 0 Å². The average molecular weight is 367 g/mol. The van der Waals surface area contributed by atoms with Gasteiger partial charge in [-0.15, -0.1) is 0 Å². The quantitative estimate of drug-likeness (QED) is 0.829. The van der Waals surface area contributed by atoms with E-state index in [0.717, 1.165) is 24.2 Å². The Bertz CT molecular complexity index is 768. The summed E-state index contributed by atoms with van der Waals surface area (Å²) in [6, 6.07) is 17.5. The number of piperidine rings is 1. The van der Waals surface area contributed by atoms with Gasteiger partial charge in [0.25, 0.3) is 5.91 Å². The fourth-order valence-corrected chi connectivity index (χ4v) is 4.23.